The van der Waals surface area contributed by atoms with E-state index in [-0.39, 0.29) is 11.9 Å². The maximum atomic E-state index is 11.9. The van der Waals surface area contributed by atoms with Gasteiger partial charge in [0.15, 0.2) is 5.78 Å². The molecule has 0 amide bonds. The lowest BCUT2D eigenvalue weighted by atomic mass is 10.0. The molecule has 0 fully saturated rings. The molecule has 0 aliphatic rings. The number of hydrogen-bond donors (Lipinski definition) is 0. The number of hydrogen-bond acceptors (Lipinski definition) is 4. The van der Waals surface area contributed by atoms with Crippen LogP contribution in [0.1, 0.15) is 41.5 Å². The summed E-state index contributed by atoms with van der Waals surface area (Å²) in [6.45, 7) is 5.58. The summed E-state index contributed by atoms with van der Waals surface area (Å²) in [6.07, 6.45) is 0. The van der Waals surface area contributed by atoms with E-state index in [0.717, 1.165) is 10.8 Å². The SMILES string of the molecule is CC(=O)C(=O)c1ccc2cc(C(=O)OCC(C)C)ccc2c1. The van der Waals surface area contributed by atoms with Crippen molar-refractivity contribution in [1.82, 2.24) is 0 Å². The molecular formula is C18H18O4. The highest BCUT2D eigenvalue weighted by Crippen LogP contribution is 2.19. The molecule has 0 saturated carbocycles. The minimum Gasteiger partial charge on any atom is -0.462 e. The van der Waals surface area contributed by atoms with E-state index in [0.29, 0.717) is 17.7 Å². The molecule has 2 aromatic rings. The molecule has 0 spiro atoms. The van der Waals surface area contributed by atoms with E-state index in [1.165, 1.54) is 6.92 Å². The number of fused-ring (bicyclic) bond motifs is 1. The number of esters is 1. The molecule has 0 unspecified atom stereocenters. The van der Waals surface area contributed by atoms with Crippen LogP contribution in [0.4, 0.5) is 0 Å². The van der Waals surface area contributed by atoms with Crippen molar-refractivity contribution in [3.05, 3.63) is 47.5 Å². The summed E-state index contributed by atoms with van der Waals surface area (Å²) in [7, 11) is 0. The van der Waals surface area contributed by atoms with Crippen molar-refractivity contribution < 1.29 is 19.1 Å². The van der Waals surface area contributed by atoms with E-state index < -0.39 is 11.6 Å². The van der Waals surface area contributed by atoms with E-state index in [2.05, 4.69) is 0 Å². The van der Waals surface area contributed by atoms with Gasteiger partial charge in [0.05, 0.1) is 12.2 Å². The zero-order valence-electron chi connectivity index (χ0n) is 12.9. The van der Waals surface area contributed by atoms with Crippen LogP contribution in [0, 0.1) is 5.92 Å². The van der Waals surface area contributed by atoms with Crippen LogP contribution in [0.15, 0.2) is 36.4 Å². The molecule has 0 N–H and O–H groups in total. The molecule has 0 aromatic heterocycles. The van der Waals surface area contributed by atoms with Crippen LogP contribution in [-0.2, 0) is 9.53 Å². The Morgan fingerprint density at radius 3 is 2.05 bits per heavy atom. The van der Waals surface area contributed by atoms with Crippen molar-refractivity contribution >= 4 is 28.3 Å². The molecule has 0 radical (unpaired) electrons. The van der Waals surface area contributed by atoms with Gasteiger partial charge in [-0.3, -0.25) is 9.59 Å². The lowest BCUT2D eigenvalue weighted by Gasteiger charge is -2.08. The maximum absolute atomic E-state index is 11.9. The van der Waals surface area contributed by atoms with E-state index in [1.807, 2.05) is 13.8 Å². The highest BCUT2D eigenvalue weighted by molar-refractivity contribution is 6.43. The number of carbonyl (C=O) groups excluding carboxylic acids is 3. The quantitative estimate of drug-likeness (QED) is 0.482. The number of ether oxygens (including phenoxy) is 1. The number of carbonyl (C=O) groups is 3. The molecule has 0 aliphatic carbocycles. The third-order valence-electron chi connectivity index (χ3n) is 3.21. The zero-order valence-corrected chi connectivity index (χ0v) is 12.9. The average molecular weight is 298 g/mol. The Morgan fingerprint density at radius 2 is 1.50 bits per heavy atom. The lowest BCUT2D eigenvalue weighted by molar-refractivity contribution is -0.113. The van der Waals surface area contributed by atoms with Gasteiger partial charge in [0.2, 0.25) is 5.78 Å². The molecule has 2 aromatic carbocycles. The predicted molar refractivity (Wildman–Crippen MR) is 84.1 cm³/mol. The second kappa shape index (κ2) is 6.52. The average Bonchev–Trinajstić information content (AvgIpc) is 2.50. The molecule has 114 valence electrons. The fourth-order valence-corrected chi connectivity index (χ4v) is 2.04. The Labute approximate surface area is 129 Å². The van der Waals surface area contributed by atoms with Crippen molar-refractivity contribution in [2.45, 2.75) is 20.8 Å². The number of rotatable bonds is 5. The van der Waals surface area contributed by atoms with Crippen LogP contribution in [0.25, 0.3) is 10.8 Å². The van der Waals surface area contributed by atoms with Crippen LogP contribution in [-0.4, -0.2) is 24.1 Å². The van der Waals surface area contributed by atoms with Crippen LogP contribution in [0.3, 0.4) is 0 Å². The summed E-state index contributed by atoms with van der Waals surface area (Å²) in [4.78, 5) is 34.8. The van der Waals surface area contributed by atoms with Gasteiger partial charge in [-0.1, -0.05) is 32.0 Å². The van der Waals surface area contributed by atoms with Gasteiger partial charge in [-0.05, 0) is 34.9 Å². The van der Waals surface area contributed by atoms with Gasteiger partial charge in [0.1, 0.15) is 0 Å². The fourth-order valence-electron chi connectivity index (χ4n) is 2.04. The van der Waals surface area contributed by atoms with Crippen LogP contribution < -0.4 is 0 Å². The molecule has 0 aliphatic heterocycles. The van der Waals surface area contributed by atoms with Crippen LogP contribution in [0.5, 0.6) is 0 Å². The Bertz CT molecular complexity index is 744. The van der Waals surface area contributed by atoms with E-state index in [9.17, 15) is 14.4 Å². The van der Waals surface area contributed by atoms with Crippen LogP contribution in [0.2, 0.25) is 0 Å². The number of Topliss-reactive ketones (excluding diaryl/α,β-unsaturated/α-hetero) is 2. The highest BCUT2D eigenvalue weighted by atomic mass is 16.5. The summed E-state index contributed by atoms with van der Waals surface area (Å²) in [6, 6.07) is 10.1. The molecule has 0 atom stereocenters. The maximum Gasteiger partial charge on any atom is 0.338 e. The van der Waals surface area contributed by atoms with Crippen molar-refractivity contribution in [2.24, 2.45) is 5.92 Å². The van der Waals surface area contributed by atoms with E-state index in [1.54, 1.807) is 36.4 Å². The molecule has 0 saturated heterocycles. The van der Waals surface area contributed by atoms with Crippen molar-refractivity contribution in [2.75, 3.05) is 6.61 Å². The standard InChI is InChI=1S/C18H18O4/c1-11(2)10-22-18(21)16-7-5-13-8-15(17(20)12(3)19)6-4-14(13)9-16/h4-9,11H,10H2,1-3H3. The topological polar surface area (TPSA) is 60.4 Å². The van der Waals surface area contributed by atoms with Gasteiger partial charge in [-0.2, -0.15) is 0 Å². The molecule has 0 bridgehead atoms. The highest BCUT2D eigenvalue weighted by Gasteiger charge is 2.13. The summed E-state index contributed by atoms with van der Waals surface area (Å²) in [5, 5.41) is 1.62. The first kappa shape index (κ1) is 15.9. The molecule has 4 nitrogen and oxygen atoms in total. The van der Waals surface area contributed by atoms with Gasteiger partial charge in [0.25, 0.3) is 0 Å². The van der Waals surface area contributed by atoms with Gasteiger partial charge in [-0.25, -0.2) is 4.79 Å². The molecule has 4 heteroatoms. The van der Waals surface area contributed by atoms with Gasteiger partial charge in [-0.15, -0.1) is 0 Å². The normalized spacial score (nSPS) is 10.7. The third-order valence-corrected chi connectivity index (χ3v) is 3.21. The van der Waals surface area contributed by atoms with Crippen molar-refractivity contribution in [1.29, 1.82) is 0 Å². The van der Waals surface area contributed by atoms with Gasteiger partial charge >= 0.3 is 5.97 Å². The first-order valence-electron chi connectivity index (χ1n) is 7.14. The minimum atomic E-state index is -0.512. The van der Waals surface area contributed by atoms with E-state index in [4.69, 9.17) is 4.74 Å². The first-order valence-corrected chi connectivity index (χ1v) is 7.14. The van der Waals surface area contributed by atoms with Crippen LogP contribution >= 0.6 is 0 Å². The van der Waals surface area contributed by atoms with Crippen molar-refractivity contribution in [3.8, 4) is 0 Å². The van der Waals surface area contributed by atoms with Gasteiger partial charge in [0, 0.05) is 12.5 Å². The van der Waals surface area contributed by atoms with Gasteiger partial charge < -0.3 is 4.74 Å². The summed E-state index contributed by atoms with van der Waals surface area (Å²) >= 11 is 0. The fraction of sp³-hybridized carbons (Fsp3) is 0.278. The summed E-state index contributed by atoms with van der Waals surface area (Å²) in [5.74, 6) is -1.08. The lowest BCUT2D eigenvalue weighted by Crippen LogP contribution is -2.10. The van der Waals surface area contributed by atoms with E-state index >= 15 is 0 Å². The monoisotopic (exact) mass is 298 g/mol. The summed E-state index contributed by atoms with van der Waals surface area (Å²) < 4.78 is 5.19. The summed E-state index contributed by atoms with van der Waals surface area (Å²) in [5.41, 5.74) is 0.828. The first-order chi connectivity index (χ1) is 10.4. The predicted octanol–water partition coefficient (Wildman–Crippen LogP) is 3.42. The molecule has 22 heavy (non-hydrogen) atoms. The smallest absolute Gasteiger partial charge is 0.338 e. The zero-order chi connectivity index (χ0) is 16.3. The molecule has 2 rings (SSSR count). The Hall–Kier alpha value is -2.49. The Kier molecular flexibility index (Phi) is 4.71. The number of benzene rings is 2. The van der Waals surface area contributed by atoms with Crippen molar-refractivity contribution in [3.63, 3.8) is 0 Å². The number of ketones is 2. The molecular weight excluding hydrogens is 280 g/mol. The largest absolute Gasteiger partial charge is 0.462 e. The minimum absolute atomic E-state index is 0.282. The Balaban J connectivity index is 2.29. The second-order valence-electron chi connectivity index (χ2n) is 5.65. The Morgan fingerprint density at radius 1 is 0.955 bits per heavy atom. The third kappa shape index (κ3) is 3.58. The second-order valence-corrected chi connectivity index (χ2v) is 5.65. The molecule has 0 heterocycles.